The van der Waals surface area contributed by atoms with Gasteiger partial charge >= 0.3 is 6.09 Å². The molecule has 0 bridgehead atoms. The summed E-state index contributed by atoms with van der Waals surface area (Å²) < 4.78 is 11.0. The molecular formula is C21H26N2O4. The van der Waals surface area contributed by atoms with E-state index >= 15 is 0 Å². The van der Waals surface area contributed by atoms with Crippen LogP contribution >= 0.6 is 0 Å². The van der Waals surface area contributed by atoms with Crippen LogP contribution in [0.25, 0.3) is 0 Å². The van der Waals surface area contributed by atoms with Crippen LogP contribution in [0.1, 0.15) is 31.9 Å². The Morgan fingerprint density at radius 3 is 2.26 bits per heavy atom. The number of amides is 2. The van der Waals surface area contributed by atoms with Crippen molar-refractivity contribution in [1.29, 1.82) is 0 Å². The molecule has 2 rings (SSSR count). The SMILES string of the molecule is Cc1cc(C)cc(Oc2ccccc2NC(=O)CNC(=O)OC(C)(C)C)c1. The molecule has 2 N–H and O–H groups in total. The number of hydrogen-bond acceptors (Lipinski definition) is 4. The van der Waals surface area contributed by atoms with Gasteiger partial charge in [0.15, 0.2) is 5.75 Å². The van der Waals surface area contributed by atoms with E-state index in [4.69, 9.17) is 9.47 Å². The third kappa shape index (κ3) is 7.01. The van der Waals surface area contributed by atoms with Crippen LogP contribution in [0, 0.1) is 13.8 Å². The first-order chi connectivity index (χ1) is 12.6. The lowest BCUT2D eigenvalue weighted by molar-refractivity contribution is -0.115. The molecule has 0 aliphatic carbocycles. The second-order valence-corrected chi connectivity index (χ2v) is 7.33. The highest BCUT2D eigenvalue weighted by Gasteiger charge is 2.17. The predicted octanol–water partition coefficient (Wildman–Crippen LogP) is 4.56. The van der Waals surface area contributed by atoms with E-state index in [1.807, 2.05) is 32.0 Å². The van der Waals surface area contributed by atoms with E-state index in [-0.39, 0.29) is 12.5 Å². The van der Waals surface area contributed by atoms with Crippen molar-refractivity contribution >= 4 is 17.7 Å². The first kappa shape index (κ1) is 20.3. The van der Waals surface area contributed by atoms with E-state index in [0.29, 0.717) is 17.2 Å². The van der Waals surface area contributed by atoms with E-state index < -0.39 is 11.7 Å². The largest absolute Gasteiger partial charge is 0.455 e. The second-order valence-electron chi connectivity index (χ2n) is 7.33. The maximum atomic E-state index is 12.2. The molecule has 27 heavy (non-hydrogen) atoms. The summed E-state index contributed by atoms with van der Waals surface area (Å²) in [7, 11) is 0. The van der Waals surface area contributed by atoms with Gasteiger partial charge in [0.25, 0.3) is 0 Å². The van der Waals surface area contributed by atoms with Gasteiger partial charge in [0.2, 0.25) is 5.91 Å². The number of carbonyl (C=O) groups excluding carboxylic acids is 2. The molecule has 0 aliphatic heterocycles. The van der Waals surface area contributed by atoms with E-state index in [0.717, 1.165) is 11.1 Å². The number of nitrogens with one attached hydrogen (secondary N) is 2. The molecule has 0 aliphatic rings. The minimum absolute atomic E-state index is 0.202. The minimum atomic E-state index is -0.641. The summed E-state index contributed by atoms with van der Waals surface area (Å²) in [4.78, 5) is 23.8. The molecule has 144 valence electrons. The van der Waals surface area contributed by atoms with Crippen molar-refractivity contribution in [1.82, 2.24) is 5.32 Å². The van der Waals surface area contributed by atoms with Gasteiger partial charge in [-0.3, -0.25) is 4.79 Å². The Hall–Kier alpha value is -3.02. The first-order valence-electron chi connectivity index (χ1n) is 8.74. The molecule has 0 fully saturated rings. The van der Waals surface area contributed by atoms with Gasteiger partial charge in [-0.25, -0.2) is 4.79 Å². The summed E-state index contributed by atoms with van der Waals surface area (Å²) in [6.07, 6.45) is -0.641. The van der Waals surface area contributed by atoms with Gasteiger partial charge in [-0.2, -0.15) is 0 Å². The molecule has 0 aromatic heterocycles. The average Bonchev–Trinajstić information content (AvgIpc) is 2.52. The van der Waals surface area contributed by atoms with Crippen LogP contribution in [-0.2, 0) is 9.53 Å². The molecule has 2 aromatic rings. The van der Waals surface area contributed by atoms with Crippen LogP contribution < -0.4 is 15.4 Å². The maximum Gasteiger partial charge on any atom is 0.408 e. The lowest BCUT2D eigenvalue weighted by atomic mass is 10.1. The van der Waals surface area contributed by atoms with Gasteiger partial charge in [-0.05, 0) is 70.0 Å². The number of hydrogen-bond donors (Lipinski definition) is 2. The molecular weight excluding hydrogens is 344 g/mol. The Balaban J connectivity index is 2.00. The van der Waals surface area contributed by atoms with E-state index in [1.54, 1.807) is 39.0 Å². The number of anilines is 1. The zero-order chi connectivity index (χ0) is 20.0. The molecule has 6 heteroatoms. The monoisotopic (exact) mass is 370 g/mol. The van der Waals surface area contributed by atoms with Gasteiger partial charge in [-0.15, -0.1) is 0 Å². The fourth-order valence-corrected chi connectivity index (χ4v) is 2.44. The van der Waals surface area contributed by atoms with Crippen molar-refractivity contribution in [3.05, 3.63) is 53.6 Å². The number of rotatable bonds is 5. The highest BCUT2D eigenvalue weighted by molar-refractivity contribution is 5.95. The molecule has 0 spiro atoms. The summed E-state index contributed by atoms with van der Waals surface area (Å²) in [5, 5.41) is 5.17. The number of alkyl carbamates (subject to hydrolysis) is 1. The quantitative estimate of drug-likeness (QED) is 0.809. The summed E-state index contributed by atoms with van der Waals surface area (Å²) >= 11 is 0. The zero-order valence-corrected chi connectivity index (χ0v) is 16.4. The number of aryl methyl sites for hydroxylation is 2. The van der Waals surface area contributed by atoms with Crippen molar-refractivity contribution in [2.24, 2.45) is 0 Å². The average molecular weight is 370 g/mol. The number of benzene rings is 2. The summed E-state index contributed by atoms with van der Waals surface area (Å²) in [6.45, 7) is 9.06. The highest BCUT2D eigenvalue weighted by Crippen LogP contribution is 2.30. The lowest BCUT2D eigenvalue weighted by Crippen LogP contribution is -2.37. The Bertz CT molecular complexity index is 805. The van der Waals surface area contributed by atoms with Crippen LogP contribution in [0.4, 0.5) is 10.5 Å². The Morgan fingerprint density at radius 1 is 1.00 bits per heavy atom. The van der Waals surface area contributed by atoms with Gasteiger partial charge in [0, 0.05) is 0 Å². The second kappa shape index (κ2) is 8.58. The molecule has 6 nitrogen and oxygen atoms in total. The van der Waals surface area contributed by atoms with Crippen LogP contribution in [-0.4, -0.2) is 24.1 Å². The van der Waals surface area contributed by atoms with Crippen LogP contribution in [0.15, 0.2) is 42.5 Å². The van der Waals surface area contributed by atoms with Gasteiger partial charge in [-0.1, -0.05) is 18.2 Å². The third-order valence-electron chi connectivity index (χ3n) is 3.38. The molecule has 0 unspecified atom stereocenters. The molecule has 0 atom stereocenters. The Labute approximate surface area is 159 Å². The van der Waals surface area contributed by atoms with Crippen LogP contribution in [0.5, 0.6) is 11.5 Å². The van der Waals surface area contributed by atoms with E-state index in [2.05, 4.69) is 16.7 Å². The fourth-order valence-electron chi connectivity index (χ4n) is 2.44. The summed E-state index contributed by atoms with van der Waals surface area (Å²) in [6, 6.07) is 13.0. The molecule has 2 amide bonds. The zero-order valence-electron chi connectivity index (χ0n) is 16.4. The van der Waals surface area contributed by atoms with Gasteiger partial charge in [0.1, 0.15) is 17.9 Å². The van der Waals surface area contributed by atoms with Crippen molar-refractivity contribution in [3.8, 4) is 11.5 Å². The van der Waals surface area contributed by atoms with Crippen molar-refractivity contribution in [2.75, 3.05) is 11.9 Å². The topological polar surface area (TPSA) is 76.7 Å². The van der Waals surface area contributed by atoms with Crippen molar-refractivity contribution in [3.63, 3.8) is 0 Å². The van der Waals surface area contributed by atoms with E-state index in [9.17, 15) is 9.59 Å². The molecule has 0 heterocycles. The number of carbonyl (C=O) groups is 2. The molecule has 2 aromatic carbocycles. The third-order valence-corrected chi connectivity index (χ3v) is 3.38. The Morgan fingerprint density at radius 2 is 1.63 bits per heavy atom. The standard InChI is InChI=1S/C21H26N2O4/c1-14-10-15(2)12-16(11-14)26-18-9-7-6-8-17(18)23-19(24)13-22-20(25)27-21(3,4)5/h6-12H,13H2,1-5H3,(H,22,25)(H,23,24). The van der Waals surface area contributed by atoms with Crippen molar-refractivity contribution in [2.45, 2.75) is 40.2 Å². The minimum Gasteiger partial charge on any atom is -0.455 e. The smallest absolute Gasteiger partial charge is 0.408 e. The van der Waals surface area contributed by atoms with Gasteiger partial charge in [0.05, 0.1) is 5.69 Å². The van der Waals surface area contributed by atoms with Crippen molar-refractivity contribution < 1.29 is 19.1 Å². The van der Waals surface area contributed by atoms with Crippen LogP contribution in [0.2, 0.25) is 0 Å². The van der Waals surface area contributed by atoms with E-state index in [1.165, 1.54) is 0 Å². The summed E-state index contributed by atoms with van der Waals surface area (Å²) in [5.74, 6) is 0.839. The number of ether oxygens (including phenoxy) is 2. The normalized spacial score (nSPS) is 10.9. The fraction of sp³-hybridized carbons (Fsp3) is 0.333. The molecule has 0 saturated heterocycles. The van der Waals surface area contributed by atoms with Crippen LogP contribution in [0.3, 0.4) is 0 Å². The van der Waals surface area contributed by atoms with Gasteiger partial charge < -0.3 is 20.1 Å². The maximum absolute atomic E-state index is 12.2. The molecule has 0 radical (unpaired) electrons. The Kier molecular flexibility index (Phi) is 6.45. The summed E-state index contributed by atoms with van der Waals surface area (Å²) in [5.41, 5.74) is 2.08. The lowest BCUT2D eigenvalue weighted by Gasteiger charge is -2.19. The highest BCUT2D eigenvalue weighted by atomic mass is 16.6. The number of para-hydroxylation sites is 2. The molecule has 0 saturated carbocycles. The first-order valence-corrected chi connectivity index (χ1v) is 8.74. The predicted molar refractivity (Wildman–Crippen MR) is 105 cm³/mol.